The quantitative estimate of drug-likeness (QED) is 0.575. The molecule has 0 unspecified atom stereocenters. The zero-order valence-corrected chi connectivity index (χ0v) is 6.89. The van der Waals surface area contributed by atoms with Gasteiger partial charge in [-0.2, -0.15) is 0 Å². The summed E-state index contributed by atoms with van der Waals surface area (Å²) in [5.74, 6) is 1.94. The summed E-state index contributed by atoms with van der Waals surface area (Å²) >= 11 is 0. The van der Waals surface area contributed by atoms with Crippen molar-refractivity contribution < 1.29 is 4.79 Å². The first kappa shape index (κ1) is 7.77. The molecular weight excluding hydrogens is 124 g/mol. The zero-order chi connectivity index (χ0) is 7.56. The number of Topliss-reactive ketones (excluding diaryl/α,β-unsaturated/α-hetero) is 1. The Kier molecular flexibility index (Phi) is 2.47. The van der Waals surface area contributed by atoms with Gasteiger partial charge in [0.25, 0.3) is 0 Å². The summed E-state index contributed by atoms with van der Waals surface area (Å²) in [7, 11) is 0. The molecule has 0 spiro atoms. The second-order valence-corrected chi connectivity index (χ2v) is 3.43. The first-order valence-corrected chi connectivity index (χ1v) is 4.25. The summed E-state index contributed by atoms with van der Waals surface area (Å²) in [4.78, 5) is 10.9. The minimum Gasteiger partial charge on any atom is -0.300 e. The average Bonchev–Trinajstić information content (AvgIpc) is 2.34. The van der Waals surface area contributed by atoms with Gasteiger partial charge in [-0.3, -0.25) is 4.79 Å². The van der Waals surface area contributed by atoms with Crippen LogP contribution < -0.4 is 0 Å². The number of hydrogen-bond acceptors (Lipinski definition) is 1. The molecule has 1 nitrogen and oxygen atoms in total. The van der Waals surface area contributed by atoms with Crippen molar-refractivity contribution in [3.8, 4) is 0 Å². The van der Waals surface area contributed by atoms with E-state index in [0.717, 1.165) is 25.2 Å². The number of ketones is 1. The lowest BCUT2D eigenvalue weighted by Crippen LogP contribution is -2.06. The highest BCUT2D eigenvalue weighted by atomic mass is 16.1. The summed E-state index contributed by atoms with van der Waals surface area (Å²) in [5, 5.41) is 0. The van der Waals surface area contributed by atoms with Gasteiger partial charge < -0.3 is 0 Å². The van der Waals surface area contributed by atoms with Gasteiger partial charge in [0, 0.05) is 12.8 Å². The zero-order valence-electron chi connectivity index (χ0n) is 6.89. The first-order valence-electron chi connectivity index (χ1n) is 4.25. The molecule has 10 heavy (non-hydrogen) atoms. The van der Waals surface area contributed by atoms with E-state index >= 15 is 0 Å². The molecule has 1 heteroatoms. The topological polar surface area (TPSA) is 17.1 Å². The van der Waals surface area contributed by atoms with Gasteiger partial charge in [-0.25, -0.2) is 0 Å². The van der Waals surface area contributed by atoms with Crippen molar-refractivity contribution in [2.75, 3.05) is 0 Å². The molecule has 0 heterocycles. The van der Waals surface area contributed by atoms with Crippen LogP contribution in [0.2, 0.25) is 0 Å². The van der Waals surface area contributed by atoms with Crippen LogP contribution in [-0.2, 0) is 4.79 Å². The van der Waals surface area contributed by atoms with E-state index in [1.807, 2.05) is 0 Å². The predicted octanol–water partition coefficient (Wildman–Crippen LogP) is 2.40. The van der Waals surface area contributed by atoms with Crippen molar-refractivity contribution in [2.45, 2.75) is 39.5 Å². The van der Waals surface area contributed by atoms with Gasteiger partial charge in [0.1, 0.15) is 5.78 Å². The fourth-order valence-corrected chi connectivity index (χ4v) is 1.66. The van der Waals surface area contributed by atoms with Crippen molar-refractivity contribution in [2.24, 2.45) is 11.8 Å². The number of hydrogen-bond donors (Lipinski definition) is 0. The second-order valence-electron chi connectivity index (χ2n) is 3.43. The highest BCUT2D eigenvalue weighted by Gasteiger charge is 2.25. The van der Waals surface area contributed by atoms with Crippen molar-refractivity contribution in [3.05, 3.63) is 0 Å². The Morgan fingerprint density at radius 2 is 2.40 bits per heavy atom. The standard InChI is InChI=1S/C9H16O/c1-3-7(2)8-4-5-9(10)6-8/h7-8H,3-6H2,1-2H3/t7-,8+/m1/s1. The van der Waals surface area contributed by atoms with Gasteiger partial charge in [0.2, 0.25) is 0 Å². The first-order chi connectivity index (χ1) is 4.74. The Bertz CT molecular complexity index is 129. The van der Waals surface area contributed by atoms with E-state index < -0.39 is 0 Å². The molecule has 1 fully saturated rings. The van der Waals surface area contributed by atoms with Gasteiger partial charge in [-0.05, 0) is 18.3 Å². The molecule has 0 aromatic heterocycles. The molecule has 0 amide bonds. The lowest BCUT2D eigenvalue weighted by molar-refractivity contribution is -0.117. The van der Waals surface area contributed by atoms with Gasteiger partial charge in [-0.15, -0.1) is 0 Å². The molecule has 1 rings (SSSR count). The molecule has 0 aromatic carbocycles. The maximum Gasteiger partial charge on any atom is 0.133 e. The van der Waals surface area contributed by atoms with E-state index in [-0.39, 0.29) is 0 Å². The fraction of sp³-hybridized carbons (Fsp3) is 0.889. The molecule has 0 saturated heterocycles. The molecule has 0 bridgehead atoms. The van der Waals surface area contributed by atoms with Crippen LogP contribution in [0.25, 0.3) is 0 Å². The number of rotatable bonds is 2. The molecular formula is C9H16O. The van der Waals surface area contributed by atoms with Gasteiger partial charge >= 0.3 is 0 Å². The minimum absolute atomic E-state index is 0.477. The van der Waals surface area contributed by atoms with E-state index in [1.54, 1.807) is 0 Å². The SMILES string of the molecule is CC[C@@H](C)[C@H]1CCC(=O)C1. The highest BCUT2D eigenvalue weighted by Crippen LogP contribution is 2.30. The molecule has 1 aliphatic carbocycles. The molecule has 2 atom stereocenters. The fourth-order valence-electron chi connectivity index (χ4n) is 1.66. The highest BCUT2D eigenvalue weighted by molar-refractivity contribution is 5.80. The Morgan fingerprint density at radius 1 is 1.70 bits per heavy atom. The Hall–Kier alpha value is -0.330. The predicted molar refractivity (Wildman–Crippen MR) is 41.8 cm³/mol. The van der Waals surface area contributed by atoms with Crippen LogP contribution in [0.1, 0.15) is 39.5 Å². The minimum atomic E-state index is 0.477. The van der Waals surface area contributed by atoms with Crippen LogP contribution in [0.3, 0.4) is 0 Å². The third-order valence-electron chi connectivity index (χ3n) is 2.73. The van der Waals surface area contributed by atoms with Crippen LogP contribution in [0.15, 0.2) is 0 Å². The lowest BCUT2D eigenvalue weighted by Gasteiger charge is -2.14. The summed E-state index contributed by atoms with van der Waals surface area (Å²) in [5.41, 5.74) is 0. The summed E-state index contributed by atoms with van der Waals surface area (Å²) in [6.45, 7) is 4.46. The number of carbonyl (C=O) groups is 1. The second kappa shape index (κ2) is 3.18. The van der Waals surface area contributed by atoms with Crippen LogP contribution >= 0.6 is 0 Å². The molecule has 0 aliphatic heterocycles. The lowest BCUT2D eigenvalue weighted by atomic mass is 9.91. The molecule has 0 aromatic rings. The Balaban J connectivity index is 2.36. The van der Waals surface area contributed by atoms with Crippen LogP contribution in [0.4, 0.5) is 0 Å². The van der Waals surface area contributed by atoms with Crippen LogP contribution in [0, 0.1) is 11.8 Å². The molecule has 0 radical (unpaired) electrons. The van der Waals surface area contributed by atoms with Crippen molar-refractivity contribution in [1.82, 2.24) is 0 Å². The number of carbonyl (C=O) groups excluding carboxylic acids is 1. The van der Waals surface area contributed by atoms with E-state index in [4.69, 9.17) is 0 Å². The van der Waals surface area contributed by atoms with Crippen LogP contribution in [-0.4, -0.2) is 5.78 Å². The van der Waals surface area contributed by atoms with E-state index in [0.29, 0.717) is 11.7 Å². The third-order valence-corrected chi connectivity index (χ3v) is 2.73. The van der Waals surface area contributed by atoms with Crippen molar-refractivity contribution in [1.29, 1.82) is 0 Å². The molecule has 0 N–H and O–H groups in total. The smallest absolute Gasteiger partial charge is 0.133 e. The van der Waals surface area contributed by atoms with Crippen molar-refractivity contribution in [3.63, 3.8) is 0 Å². The summed E-state index contributed by atoms with van der Waals surface area (Å²) in [6, 6.07) is 0. The van der Waals surface area contributed by atoms with Gasteiger partial charge in [0.15, 0.2) is 0 Å². The third kappa shape index (κ3) is 1.59. The van der Waals surface area contributed by atoms with E-state index in [9.17, 15) is 4.79 Å². The molecule has 58 valence electrons. The molecule has 1 saturated carbocycles. The Morgan fingerprint density at radius 3 is 2.80 bits per heavy atom. The molecule has 1 aliphatic rings. The van der Waals surface area contributed by atoms with Gasteiger partial charge in [-0.1, -0.05) is 20.3 Å². The van der Waals surface area contributed by atoms with Gasteiger partial charge in [0.05, 0.1) is 0 Å². The normalized spacial score (nSPS) is 29.0. The van der Waals surface area contributed by atoms with Crippen molar-refractivity contribution >= 4 is 5.78 Å². The van der Waals surface area contributed by atoms with E-state index in [2.05, 4.69) is 13.8 Å². The maximum atomic E-state index is 10.9. The largest absolute Gasteiger partial charge is 0.300 e. The average molecular weight is 140 g/mol. The monoisotopic (exact) mass is 140 g/mol. The Labute approximate surface area is 62.8 Å². The maximum absolute atomic E-state index is 10.9. The van der Waals surface area contributed by atoms with Crippen LogP contribution in [0.5, 0.6) is 0 Å². The summed E-state index contributed by atoms with van der Waals surface area (Å²) < 4.78 is 0. The summed E-state index contributed by atoms with van der Waals surface area (Å²) in [6.07, 6.45) is 4.07. The van der Waals surface area contributed by atoms with E-state index in [1.165, 1.54) is 6.42 Å².